The summed E-state index contributed by atoms with van der Waals surface area (Å²) in [5.41, 5.74) is 1.85. The number of nitrogens with zero attached hydrogens (tertiary/aromatic N) is 1. The second-order valence-electron chi connectivity index (χ2n) is 4.59. The van der Waals surface area contributed by atoms with E-state index in [4.69, 9.17) is 5.14 Å². The van der Waals surface area contributed by atoms with Crippen molar-refractivity contribution in [3.63, 3.8) is 0 Å². The zero-order valence-electron chi connectivity index (χ0n) is 10.7. The number of hydrogen-bond donors (Lipinski definition) is 2. The van der Waals surface area contributed by atoms with Crippen LogP contribution < -0.4 is 15.4 Å². The Morgan fingerprint density at radius 1 is 1.42 bits per heavy atom. The predicted octanol–water partition coefficient (Wildman–Crippen LogP) is -0.0277. The van der Waals surface area contributed by atoms with E-state index in [-0.39, 0.29) is 24.2 Å². The molecule has 0 spiro atoms. The van der Waals surface area contributed by atoms with Crippen LogP contribution in [-0.2, 0) is 14.8 Å². The number of sulfonamides is 1. The molecular formula is C12H17N3O3S. The summed E-state index contributed by atoms with van der Waals surface area (Å²) in [7, 11) is -1.75. The van der Waals surface area contributed by atoms with Gasteiger partial charge in [-0.15, -0.1) is 0 Å². The number of carbonyl (C=O) groups excluding carboxylic acids is 1. The summed E-state index contributed by atoms with van der Waals surface area (Å²) in [6.45, 7) is 0.231. The monoisotopic (exact) mass is 283 g/mol. The minimum atomic E-state index is -3.48. The number of nitrogens with two attached hydrogens (primary N) is 1. The zero-order chi connectivity index (χ0) is 14.0. The van der Waals surface area contributed by atoms with Crippen LogP contribution >= 0.6 is 0 Å². The average molecular weight is 283 g/mol. The first-order valence-corrected chi connectivity index (χ1v) is 7.69. The Labute approximate surface area is 112 Å². The third kappa shape index (κ3) is 3.31. The lowest BCUT2D eigenvalue weighted by Gasteiger charge is -2.32. The molecule has 1 atom stereocenters. The van der Waals surface area contributed by atoms with Crippen LogP contribution in [0.4, 0.5) is 5.69 Å². The van der Waals surface area contributed by atoms with E-state index < -0.39 is 10.0 Å². The maximum atomic E-state index is 11.9. The number of benzene rings is 1. The Bertz CT molecular complexity index is 586. The van der Waals surface area contributed by atoms with Crippen molar-refractivity contribution in [3.05, 3.63) is 29.8 Å². The van der Waals surface area contributed by atoms with Crippen molar-refractivity contribution in [1.29, 1.82) is 0 Å². The van der Waals surface area contributed by atoms with Gasteiger partial charge in [0.25, 0.3) is 0 Å². The number of carbonyl (C=O) groups is 1. The first kappa shape index (κ1) is 14.0. The molecule has 104 valence electrons. The zero-order valence-corrected chi connectivity index (χ0v) is 11.5. The van der Waals surface area contributed by atoms with E-state index in [2.05, 4.69) is 5.32 Å². The third-order valence-electron chi connectivity index (χ3n) is 3.20. The van der Waals surface area contributed by atoms with Crippen molar-refractivity contribution in [3.8, 4) is 0 Å². The Kier molecular flexibility index (Phi) is 3.88. The normalized spacial score (nSPS) is 19.4. The average Bonchev–Trinajstić information content (AvgIpc) is 2.34. The summed E-state index contributed by atoms with van der Waals surface area (Å²) in [5.74, 6) is -0.137. The van der Waals surface area contributed by atoms with Crippen molar-refractivity contribution in [2.75, 3.05) is 24.2 Å². The van der Waals surface area contributed by atoms with Gasteiger partial charge in [0, 0.05) is 31.7 Å². The van der Waals surface area contributed by atoms with E-state index in [0.717, 1.165) is 11.3 Å². The molecule has 0 fully saturated rings. The predicted molar refractivity (Wildman–Crippen MR) is 73.2 cm³/mol. The smallest absolute Gasteiger partial charge is 0.228 e. The molecule has 0 saturated heterocycles. The Balaban J connectivity index is 2.14. The molecule has 1 aliphatic rings. The fraction of sp³-hybridized carbons (Fsp3) is 0.417. The number of rotatable bonds is 4. The summed E-state index contributed by atoms with van der Waals surface area (Å²) < 4.78 is 21.8. The lowest BCUT2D eigenvalue weighted by atomic mass is 9.96. The van der Waals surface area contributed by atoms with Crippen molar-refractivity contribution in [1.82, 2.24) is 5.32 Å². The van der Waals surface area contributed by atoms with Gasteiger partial charge >= 0.3 is 0 Å². The standard InChI is InChI=1S/C12H17N3O3S/c1-15-11-5-3-2-4-9(11)10(8-12(15)16)14-6-7-19(13,17)18/h2-5,10,14H,6-8H2,1H3,(H2,13,17,18). The fourth-order valence-electron chi connectivity index (χ4n) is 2.20. The molecule has 1 aliphatic heterocycles. The molecule has 0 saturated carbocycles. The maximum absolute atomic E-state index is 11.9. The van der Waals surface area contributed by atoms with Crippen LogP contribution in [0.15, 0.2) is 24.3 Å². The van der Waals surface area contributed by atoms with Crippen LogP contribution in [0.25, 0.3) is 0 Å². The molecule has 6 nitrogen and oxygen atoms in total. The Morgan fingerprint density at radius 2 is 2.11 bits per heavy atom. The highest BCUT2D eigenvalue weighted by Crippen LogP contribution is 2.33. The van der Waals surface area contributed by atoms with Crippen LogP contribution in [0.2, 0.25) is 0 Å². The van der Waals surface area contributed by atoms with E-state index >= 15 is 0 Å². The molecule has 0 aromatic heterocycles. The van der Waals surface area contributed by atoms with Gasteiger partial charge in [-0.25, -0.2) is 13.6 Å². The Hall–Kier alpha value is -1.44. The highest BCUT2D eigenvalue weighted by atomic mass is 32.2. The molecule has 1 amide bonds. The van der Waals surface area contributed by atoms with E-state index in [9.17, 15) is 13.2 Å². The highest BCUT2D eigenvalue weighted by molar-refractivity contribution is 7.89. The van der Waals surface area contributed by atoms with Crippen LogP contribution in [0.5, 0.6) is 0 Å². The van der Waals surface area contributed by atoms with Gasteiger partial charge in [-0.2, -0.15) is 0 Å². The van der Waals surface area contributed by atoms with E-state index in [1.807, 2.05) is 24.3 Å². The second-order valence-corrected chi connectivity index (χ2v) is 6.32. The van der Waals surface area contributed by atoms with E-state index in [1.165, 1.54) is 0 Å². The topological polar surface area (TPSA) is 92.5 Å². The van der Waals surface area contributed by atoms with Gasteiger partial charge in [0.05, 0.1) is 5.75 Å². The Morgan fingerprint density at radius 3 is 2.79 bits per heavy atom. The quantitative estimate of drug-likeness (QED) is 0.811. The molecule has 0 bridgehead atoms. The lowest BCUT2D eigenvalue weighted by molar-refractivity contribution is -0.119. The second kappa shape index (κ2) is 5.28. The molecule has 0 radical (unpaired) electrons. The fourth-order valence-corrected chi connectivity index (χ4v) is 2.60. The number of fused-ring (bicyclic) bond motifs is 1. The third-order valence-corrected chi connectivity index (χ3v) is 3.98. The van der Waals surface area contributed by atoms with Gasteiger partial charge in [0.2, 0.25) is 15.9 Å². The van der Waals surface area contributed by atoms with Crippen LogP contribution in [0.3, 0.4) is 0 Å². The van der Waals surface area contributed by atoms with Crippen molar-refractivity contribution in [2.24, 2.45) is 5.14 Å². The summed E-state index contributed by atoms with van der Waals surface area (Å²) in [6.07, 6.45) is 0.318. The molecule has 1 unspecified atom stereocenters. The molecule has 0 aliphatic carbocycles. The molecular weight excluding hydrogens is 266 g/mol. The summed E-state index contributed by atoms with van der Waals surface area (Å²) in [4.78, 5) is 13.5. The molecule has 1 aromatic carbocycles. The van der Waals surface area contributed by atoms with Crippen molar-refractivity contribution >= 4 is 21.6 Å². The maximum Gasteiger partial charge on any atom is 0.228 e. The molecule has 2 rings (SSSR count). The van der Waals surface area contributed by atoms with Crippen molar-refractivity contribution < 1.29 is 13.2 Å². The number of amides is 1. The van der Waals surface area contributed by atoms with Gasteiger partial charge in [-0.05, 0) is 11.6 Å². The largest absolute Gasteiger partial charge is 0.315 e. The first-order chi connectivity index (χ1) is 8.88. The van der Waals surface area contributed by atoms with Gasteiger partial charge in [0.15, 0.2) is 0 Å². The minimum absolute atomic E-state index is 0.00630. The number of para-hydroxylation sites is 1. The van der Waals surface area contributed by atoms with Gasteiger partial charge < -0.3 is 10.2 Å². The summed E-state index contributed by atoms with van der Waals surface area (Å²) >= 11 is 0. The van der Waals surface area contributed by atoms with Crippen molar-refractivity contribution in [2.45, 2.75) is 12.5 Å². The van der Waals surface area contributed by atoms with Crippen LogP contribution in [-0.4, -0.2) is 33.7 Å². The molecule has 1 heterocycles. The SMILES string of the molecule is CN1C(=O)CC(NCCS(N)(=O)=O)c2ccccc21. The van der Waals surface area contributed by atoms with Gasteiger partial charge in [-0.3, -0.25) is 4.79 Å². The van der Waals surface area contributed by atoms with Crippen LogP contribution in [0.1, 0.15) is 18.0 Å². The van der Waals surface area contributed by atoms with Crippen LogP contribution in [0, 0.1) is 0 Å². The molecule has 3 N–H and O–H groups in total. The number of hydrogen-bond acceptors (Lipinski definition) is 4. The van der Waals surface area contributed by atoms with Gasteiger partial charge in [-0.1, -0.05) is 18.2 Å². The lowest BCUT2D eigenvalue weighted by Crippen LogP contribution is -2.39. The first-order valence-electron chi connectivity index (χ1n) is 5.98. The molecule has 7 heteroatoms. The van der Waals surface area contributed by atoms with E-state index in [1.54, 1.807) is 11.9 Å². The summed E-state index contributed by atoms with van der Waals surface area (Å²) in [5, 5.41) is 8.03. The molecule has 19 heavy (non-hydrogen) atoms. The highest BCUT2D eigenvalue weighted by Gasteiger charge is 2.28. The number of nitrogens with one attached hydrogen (secondary N) is 1. The molecule has 1 aromatic rings. The number of anilines is 1. The summed E-state index contributed by atoms with van der Waals surface area (Å²) in [6, 6.07) is 7.42. The minimum Gasteiger partial charge on any atom is -0.315 e. The van der Waals surface area contributed by atoms with E-state index in [0.29, 0.717) is 6.42 Å². The van der Waals surface area contributed by atoms with Gasteiger partial charge in [0.1, 0.15) is 0 Å². The number of primary sulfonamides is 1.